The smallest absolute Gasteiger partial charge is 0.298 e. The number of rotatable bonds is 2. The average Bonchev–Trinajstić information content (AvgIpc) is 2.00. The average molecular weight is 250 g/mol. The molecule has 0 saturated carbocycles. The van der Waals surface area contributed by atoms with Crippen LogP contribution in [0.4, 0.5) is 23.8 Å². The number of aldehydes is 1. The Morgan fingerprint density at radius 2 is 1.60 bits per heavy atom. The Morgan fingerprint density at radius 1 is 1.07 bits per heavy atom. The van der Waals surface area contributed by atoms with Gasteiger partial charge in [-0.1, -0.05) is 19.4 Å². The summed E-state index contributed by atoms with van der Waals surface area (Å²) < 4.78 is 73.4. The van der Waals surface area contributed by atoms with E-state index in [1.165, 1.54) is 0 Å². The van der Waals surface area contributed by atoms with Crippen LogP contribution in [-0.4, -0.2) is 6.29 Å². The van der Waals surface area contributed by atoms with Gasteiger partial charge in [0.1, 0.15) is 10.7 Å². The molecule has 0 spiro atoms. The monoisotopic (exact) mass is 250 g/mol. The highest BCUT2D eigenvalue weighted by Gasteiger charge is 2.65. The highest BCUT2D eigenvalue weighted by molar-refractivity contribution is 8.45. The second kappa shape index (κ2) is 2.49. The molecule has 1 aromatic rings. The largest absolute Gasteiger partial charge is 0.310 e. The van der Waals surface area contributed by atoms with Gasteiger partial charge in [-0.3, -0.25) is 4.79 Å². The summed E-state index contributed by atoms with van der Waals surface area (Å²) in [5.41, 5.74) is -1.05. The van der Waals surface area contributed by atoms with Crippen LogP contribution in [0.1, 0.15) is 10.4 Å². The number of benzene rings is 1. The van der Waals surface area contributed by atoms with Gasteiger partial charge in [0.15, 0.2) is 6.29 Å². The van der Waals surface area contributed by atoms with Crippen LogP contribution in [0.2, 0.25) is 0 Å². The highest BCUT2D eigenvalue weighted by atomic mass is 32.5. The maximum atomic E-state index is 12.6. The van der Waals surface area contributed by atoms with E-state index in [4.69, 9.17) is 0 Å². The predicted molar refractivity (Wildman–Crippen MR) is 43.2 cm³/mol. The number of carbonyl (C=O) groups is 1. The van der Waals surface area contributed by atoms with Crippen LogP contribution < -0.4 is 0 Å². The molecule has 0 amide bonds. The quantitative estimate of drug-likeness (QED) is 0.565. The van der Waals surface area contributed by atoms with Crippen molar-refractivity contribution in [1.82, 2.24) is 0 Å². The summed E-state index contributed by atoms with van der Waals surface area (Å²) in [5, 5.41) is 0. The van der Waals surface area contributed by atoms with Crippen LogP contribution in [0, 0.1) is 5.82 Å². The Morgan fingerprint density at radius 3 is 2.00 bits per heavy atom. The van der Waals surface area contributed by atoms with Gasteiger partial charge >= 0.3 is 10.2 Å². The molecule has 0 fully saturated rings. The van der Waals surface area contributed by atoms with Crippen molar-refractivity contribution in [3.63, 3.8) is 0 Å². The molecule has 0 aliphatic heterocycles. The number of hydrogen-bond donors (Lipinski definition) is 0. The van der Waals surface area contributed by atoms with Crippen LogP contribution in [0.5, 0.6) is 0 Å². The molecule has 15 heavy (non-hydrogen) atoms. The maximum Gasteiger partial charge on any atom is 0.310 e. The van der Waals surface area contributed by atoms with E-state index < -0.39 is 26.5 Å². The van der Waals surface area contributed by atoms with E-state index in [2.05, 4.69) is 0 Å². The van der Waals surface area contributed by atoms with Crippen LogP contribution in [0.3, 0.4) is 0 Å². The van der Waals surface area contributed by atoms with Crippen molar-refractivity contribution in [1.29, 1.82) is 0 Å². The Balaban J connectivity index is 3.50. The summed E-state index contributed by atoms with van der Waals surface area (Å²) in [6.07, 6.45) is -0.262. The first kappa shape index (κ1) is 11.9. The number of hydrogen-bond acceptors (Lipinski definition) is 1. The Hall–Kier alpha value is -1.18. The SMILES string of the molecule is O=Cc1cc(S(F)(F)(F)(F)F)ccc1F. The molecule has 0 aliphatic rings. The fraction of sp³-hybridized carbons (Fsp3) is 0. The standard InChI is InChI=1S/C7H4F6OS/c8-7-2-1-6(3-5(7)4-14)15(9,10,11,12)13/h1-4H. The molecule has 0 aromatic heterocycles. The molecular formula is C7H4F6OS. The van der Waals surface area contributed by atoms with Crippen molar-refractivity contribution >= 4 is 16.5 Å². The van der Waals surface area contributed by atoms with Crippen molar-refractivity contribution in [3.8, 4) is 0 Å². The Kier molecular flexibility index (Phi) is 1.97. The highest BCUT2D eigenvalue weighted by Crippen LogP contribution is 3.02. The third-order valence-electron chi connectivity index (χ3n) is 1.54. The van der Waals surface area contributed by atoms with Crippen LogP contribution >= 0.6 is 10.2 Å². The molecule has 1 rings (SSSR count). The molecule has 86 valence electrons. The van der Waals surface area contributed by atoms with Crippen molar-refractivity contribution in [2.45, 2.75) is 4.90 Å². The summed E-state index contributed by atoms with van der Waals surface area (Å²) in [4.78, 5) is 7.80. The number of halogens is 6. The molecule has 0 saturated heterocycles. The van der Waals surface area contributed by atoms with Gasteiger partial charge in [0, 0.05) is 0 Å². The lowest BCUT2D eigenvalue weighted by Gasteiger charge is -2.40. The van der Waals surface area contributed by atoms with Crippen LogP contribution in [0.15, 0.2) is 23.1 Å². The third-order valence-corrected chi connectivity index (χ3v) is 2.68. The summed E-state index contributed by atoms with van der Waals surface area (Å²) in [6.45, 7) is 0. The molecule has 0 bridgehead atoms. The first-order valence-corrected chi connectivity index (χ1v) is 5.38. The molecule has 0 aliphatic carbocycles. The fourth-order valence-corrected chi connectivity index (χ4v) is 1.53. The molecular weight excluding hydrogens is 246 g/mol. The molecule has 0 atom stereocenters. The van der Waals surface area contributed by atoms with Gasteiger partial charge in [-0.15, -0.1) is 0 Å². The van der Waals surface area contributed by atoms with Crippen LogP contribution in [-0.2, 0) is 0 Å². The molecule has 0 unspecified atom stereocenters. The minimum absolute atomic E-state index is 0.0934. The van der Waals surface area contributed by atoms with Gasteiger partial charge in [0.2, 0.25) is 0 Å². The second-order valence-electron chi connectivity index (χ2n) is 2.77. The summed E-state index contributed by atoms with van der Waals surface area (Å²) in [5.74, 6) is -1.28. The molecule has 8 heteroatoms. The topological polar surface area (TPSA) is 17.1 Å². The van der Waals surface area contributed by atoms with Gasteiger partial charge < -0.3 is 0 Å². The molecule has 0 heterocycles. The predicted octanol–water partition coefficient (Wildman–Crippen LogP) is 4.30. The van der Waals surface area contributed by atoms with Crippen LogP contribution in [0.25, 0.3) is 0 Å². The lowest BCUT2D eigenvalue weighted by Crippen LogP contribution is -2.07. The lowest BCUT2D eigenvalue weighted by molar-refractivity contribution is 0.111. The second-order valence-corrected chi connectivity index (χ2v) is 5.18. The van der Waals surface area contributed by atoms with Gasteiger partial charge in [-0.2, -0.15) is 0 Å². The Bertz CT molecular complexity index is 422. The lowest BCUT2D eigenvalue weighted by atomic mass is 10.2. The van der Waals surface area contributed by atoms with Gasteiger partial charge in [0.25, 0.3) is 0 Å². The van der Waals surface area contributed by atoms with Gasteiger partial charge in [-0.05, 0) is 18.2 Å². The van der Waals surface area contributed by atoms with E-state index in [1.807, 2.05) is 0 Å². The zero-order valence-electron chi connectivity index (χ0n) is 6.89. The van der Waals surface area contributed by atoms with Gasteiger partial charge in [-0.25, -0.2) is 4.39 Å². The van der Waals surface area contributed by atoms with Crippen molar-refractivity contribution in [3.05, 3.63) is 29.6 Å². The summed E-state index contributed by atoms with van der Waals surface area (Å²) in [6, 6.07) is -0.120. The van der Waals surface area contributed by atoms with Crippen molar-refractivity contribution in [2.75, 3.05) is 0 Å². The van der Waals surface area contributed by atoms with Crippen molar-refractivity contribution < 1.29 is 28.6 Å². The summed E-state index contributed by atoms with van der Waals surface area (Å²) in [7, 11) is -9.83. The van der Waals surface area contributed by atoms with E-state index in [-0.39, 0.29) is 24.5 Å². The minimum atomic E-state index is -9.83. The molecule has 0 radical (unpaired) electrons. The van der Waals surface area contributed by atoms with E-state index >= 15 is 0 Å². The zero-order chi connectivity index (χ0) is 12.0. The normalized spacial score (nSPS) is 16.7. The first-order chi connectivity index (χ1) is 6.44. The molecule has 1 nitrogen and oxygen atoms in total. The number of carbonyl (C=O) groups excluding carboxylic acids is 1. The summed E-state index contributed by atoms with van der Waals surface area (Å²) >= 11 is 0. The molecule has 1 aromatic carbocycles. The van der Waals surface area contributed by atoms with Crippen molar-refractivity contribution in [2.24, 2.45) is 0 Å². The fourth-order valence-electron chi connectivity index (χ4n) is 0.852. The van der Waals surface area contributed by atoms with Gasteiger partial charge in [0.05, 0.1) is 5.56 Å². The minimum Gasteiger partial charge on any atom is -0.298 e. The molecule has 0 N–H and O–H groups in total. The first-order valence-electron chi connectivity index (χ1n) is 3.43. The zero-order valence-corrected chi connectivity index (χ0v) is 7.71. The third kappa shape index (κ3) is 2.65. The Labute approximate surface area is 80.4 Å². The van der Waals surface area contributed by atoms with E-state index in [0.29, 0.717) is 0 Å². The maximum absolute atomic E-state index is 12.6. The van der Waals surface area contributed by atoms with E-state index in [9.17, 15) is 28.6 Å². The van der Waals surface area contributed by atoms with E-state index in [0.717, 1.165) is 0 Å². The van der Waals surface area contributed by atoms with E-state index in [1.54, 1.807) is 0 Å².